The molecule has 0 bridgehead atoms. The molecule has 0 radical (unpaired) electrons. The van der Waals surface area contributed by atoms with Crippen molar-refractivity contribution in [3.05, 3.63) is 23.8 Å². The molecule has 1 saturated carbocycles. The fraction of sp³-hybridized carbons (Fsp3) is 0.500. The van der Waals surface area contributed by atoms with Crippen molar-refractivity contribution in [3.8, 4) is 5.75 Å². The highest BCUT2D eigenvalue weighted by Crippen LogP contribution is 2.42. The van der Waals surface area contributed by atoms with Crippen molar-refractivity contribution in [2.75, 3.05) is 12.8 Å². The van der Waals surface area contributed by atoms with E-state index < -0.39 is 0 Å². The number of carbonyl (C=O) groups excluding carboxylic acids is 1. The van der Waals surface area contributed by atoms with Crippen LogP contribution in [-0.4, -0.2) is 30.3 Å². The zero-order valence-corrected chi connectivity index (χ0v) is 11.4. The van der Waals surface area contributed by atoms with Crippen LogP contribution in [0.1, 0.15) is 30.6 Å². The van der Waals surface area contributed by atoms with Gasteiger partial charge in [0.05, 0.1) is 11.8 Å². The van der Waals surface area contributed by atoms with Crippen LogP contribution in [0.3, 0.4) is 0 Å². The summed E-state index contributed by atoms with van der Waals surface area (Å²) in [5.41, 5.74) is 6.10. The zero-order chi connectivity index (χ0) is 14.2. The number of rotatable bonds is 3. The van der Waals surface area contributed by atoms with Crippen molar-refractivity contribution in [2.45, 2.75) is 32.4 Å². The number of carbonyl (C=O) groups is 1. The van der Waals surface area contributed by atoms with Gasteiger partial charge in [-0.25, -0.2) is 0 Å². The van der Waals surface area contributed by atoms with Crippen LogP contribution in [0.4, 0.5) is 5.69 Å². The van der Waals surface area contributed by atoms with E-state index in [0.29, 0.717) is 5.56 Å². The lowest BCUT2D eigenvalue weighted by atomic mass is 9.64. The van der Waals surface area contributed by atoms with Gasteiger partial charge in [0.15, 0.2) is 0 Å². The van der Waals surface area contributed by atoms with Crippen molar-refractivity contribution in [1.29, 1.82) is 0 Å². The Morgan fingerprint density at radius 2 is 2.21 bits per heavy atom. The van der Waals surface area contributed by atoms with Crippen molar-refractivity contribution in [1.82, 2.24) is 5.32 Å². The lowest BCUT2D eigenvalue weighted by Crippen LogP contribution is -2.61. The van der Waals surface area contributed by atoms with Gasteiger partial charge in [-0.1, -0.05) is 13.8 Å². The SMILES string of the molecule is COC1CC(NC(=O)c2ccc(N)c(O)c2)C1(C)C. The summed E-state index contributed by atoms with van der Waals surface area (Å²) in [6.07, 6.45) is 0.966. The molecule has 1 amide bonds. The lowest BCUT2D eigenvalue weighted by molar-refractivity contribution is -0.0942. The predicted molar refractivity (Wildman–Crippen MR) is 73.0 cm³/mol. The minimum atomic E-state index is -0.206. The van der Waals surface area contributed by atoms with E-state index in [-0.39, 0.29) is 34.9 Å². The van der Waals surface area contributed by atoms with Crippen LogP contribution < -0.4 is 11.1 Å². The quantitative estimate of drug-likeness (QED) is 0.571. The standard InChI is InChI=1S/C14H20N2O3/c1-14(2)11(7-12(14)19-3)16-13(18)8-4-5-9(15)10(17)6-8/h4-6,11-12,17H,7,15H2,1-3H3,(H,16,18). The third-order valence-electron chi connectivity index (χ3n) is 4.06. The second-order valence-corrected chi connectivity index (χ2v) is 5.58. The summed E-state index contributed by atoms with van der Waals surface area (Å²) in [6.45, 7) is 4.13. The molecule has 2 rings (SSSR count). The van der Waals surface area contributed by atoms with Crippen LogP contribution in [-0.2, 0) is 4.74 Å². The maximum absolute atomic E-state index is 12.1. The van der Waals surface area contributed by atoms with Gasteiger partial charge in [0.2, 0.25) is 0 Å². The molecule has 0 saturated heterocycles. The first-order valence-electron chi connectivity index (χ1n) is 6.28. The van der Waals surface area contributed by atoms with E-state index in [4.69, 9.17) is 10.5 Å². The molecule has 4 N–H and O–H groups in total. The Balaban J connectivity index is 2.04. The lowest BCUT2D eigenvalue weighted by Gasteiger charge is -2.51. The average molecular weight is 264 g/mol. The van der Waals surface area contributed by atoms with E-state index in [1.807, 2.05) is 0 Å². The number of ether oxygens (including phenoxy) is 1. The number of hydrogen-bond donors (Lipinski definition) is 3. The number of nitrogens with two attached hydrogens (primary N) is 1. The number of amides is 1. The van der Waals surface area contributed by atoms with Gasteiger partial charge in [0, 0.05) is 24.1 Å². The normalized spacial score (nSPS) is 24.6. The topological polar surface area (TPSA) is 84.6 Å². The maximum Gasteiger partial charge on any atom is 0.251 e. The Morgan fingerprint density at radius 1 is 1.53 bits per heavy atom. The third kappa shape index (κ3) is 2.38. The number of phenols is 1. The second kappa shape index (κ2) is 4.74. The Labute approximate surface area is 112 Å². The van der Waals surface area contributed by atoms with Gasteiger partial charge in [-0.3, -0.25) is 4.79 Å². The van der Waals surface area contributed by atoms with Crippen LogP contribution in [0.25, 0.3) is 0 Å². The van der Waals surface area contributed by atoms with Crippen LogP contribution in [0.15, 0.2) is 18.2 Å². The van der Waals surface area contributed by atoms with Gasteiger partial charge < -0.3 is 20.9 Å². The van der Waals surface area contributed by atoms with Crippen LogP contribution in [0.2, 0.25) is 0 Å². The zero-order valence-electron chi connectivity index (χ0n) is 11.4. The Kier molecular flexibility index (Phi) is 3.41. The van der Waals surface area contributed by atoms with Crippen LogP contribution >= 0.6 is 0 Å². The van der Waals surface area contributed by atoms with Crippen LogP contribution in [0, 0.1) is 5.41 Å². The highest BCUT2D eigenvalue weighted by atomic mass is 16.5. The predicted octanol–water partition coefficient (Wildman–Crippen LogP) is 1.52. The molecule has 5 nitrogen and oxygen atoms in total. The highest BCUT2D eigenvalue weighted by molar-refractivity contribution is 5.95. The second-order valence-electron chi connectivity index (χ2n) is 5.58. The summed E-state index contributed by atoms with van der Waals surface area (Å²) in [5, 5.41) is 12.5. The maximum atomic E-state index is 12.1. The fourth-order valence-corrected chi connectivity index (χ4v) is 2.46. The third-order valence-corrected chi connectivity index (χ3v) is 4.06. The van der Waals surface area contributed by atoms with Crippen LogP contribution in [0.5, 0.6) is 5.75 Å². The molecule has 0 heterocycles. The molecule has 1 aliphatic carbocycles. The molecule has 1 aromatic rings. The molecular formula is C14H20N2O3. The van der Waals surface area contributed by atoms with Gasteiger partial charge in [0.25, 0.3) is 5.91 Å². The number of nitrogens with one attached hydrogen (secondary N) is 1. The molecular weight excluding hydrogens is 244 g/mol. The average Bonchev–Trinajstić information content (AvgIpc) is 2.36. The first-order valence-corrected chi connectivity index (χ1v) is 6.28. The van der Waals surface area contributed by atoms with Gasteiger partial charge >= 0.3 is 0 Å². The molecule has 1 fully saturated rings. The number of anilines is 1. The fourth-order valence-electron chi connectivity index (χ4n) is 2.46. The molecule has 19 heavy (non-hydrogen) atoms. The minimum absolute atomic E-state index is 0.0737. The van der Waals surface area contributed by atoms with Crippen molar-refractivity contribution in [2.24, 2.45) is 5.41 Å². The molecule has 0 spiro atoms. The van der Waals surface area contributed by atoms with E-state index in [0.717, 1.165) is 6.42 Å². The Hall–Kier alpha value is -1.75. The molecule has 2 unspecified atom stereocenters. The largest absolute Gasteiger partial charge is 0.506 e. The van der Waals surface area contributed by atoms with Crippen molar-refractivity contribution >= 4 is 11.6 Å². The number of aromatic hydroxyl groups is 1. The van der Waals surface area contributed by atoms with E-state index in [2.05, 4.69) is 19.2 Å². The monoisotopic (exact) mass is 264 g/mol. The molecule has 1 aromatic carbocycles. The summed E-state index contributed by atoms with van der Waals surface area (Å²) in [5.74, 6) is -0.279. The Bertz CT molecular complexity index is 499. The first kappa shape index (κ1) is 13.7. The number of phenolic OH excluding ortho intramolecular Hbond substituents is 1. The Morgan fingerprint density at radius 3 is 2.74 bits per heavy atom. The van der Waals surface area contributed by atoms with Gasteiger partial charge in [-0.15, -0.1) is 0 Å². The summed E-state index contributed by atoms with van der Waals surface area (Å²) in [7, 11) is 1.68. The summed E-state index contributed by atoms with van der Waals surface area (Å²) < 4.78 is 5.35. The molecule has 104 valence electrons. The van der Waals surface area contributed by atoms with E-state index in [1.54, 1.807) is 13.2 Å². The summed E-state index contributed by atoms with van der Waals surface area (Å²) in [4.78, 5) is 12.1. The first-order chi connectivity index (χ1) is 8.86. The van der Waals surface area contributed by atoms with E-state index >= 15 is 0 Å². The van der Waals surface area contributed by atoms with Crippen molar-refractivity contribution < 1.29 is 14.6 Å². The highest BCUT2D eigenvalue weighted by Gasteiger charge is 2.49. The molecule has 1 aliphatic rings. The summed E-state index contributed by atoms with van der Waals surface area (Å²) in [6, 6.07) is 4.58. The number of nitrogen functional groups attached to an aromatic ring is 1. The molecule has 5 heteroatoms. The number of benzene rings is 1. The smallest absolute Gasteiger partial charge is 0.251 e. The number of methoxy groups -OCH3 is 1. The van der Waals surface area contributed by atoms with E-state index in [1.165, 1.54) is 12.1 Å². The van der Waals surface area contributed by atoms with E-state index in [9.17, 15) is 9.90 Å². The summed E-state index contributed by atoms with van der Waals surface area (Å²) >= 11 is 0. The molecule has 2 atom stereocenters. The van der Waals surface area contributed by atoms with Gasteiger partial charge in [-0.2, -0.15) is 0 Å². The van der Waals surface area contributed by atoms with Crippen molar-refractivity contribution in [3.63, 3.8) is 0 Å². The van der Waals surface area contributed by atoms with Gasteiger partial charge in [0.1, 0.15) is 5.75 Å². The minimum Gasteiger partial charge on any atom is -0.506 e. The molecule has 0 aromatic heterocycles. The number of hydrogen-bond acceptors (Lipinski definition) is 4. The molecule has 0 aliphatic heterocycles. The van der Waals surface area contributed by atoms with Gasteiger partial charge in [-0.05, 0) is 24.6 Å².